The van der Waals surface area contributed by atoms with Crippen molar-refractivity contribution in [1.29, 1.82) is 0 Å². The molecular weight excluding hydrogens is 318 g/mol. The summed E-state index contributed by atoms with van der Waals surface area (Å²) in [4.78, 5) is 14.6. The highest BCUT2D eigenvalue weighted by atomic mass is 16.5. The van der Waals surface area contributed by atoms with Crippen molar-refractivity contribution < 1.29 is 13.9 Å². The van der Waals surface area contributed by atoms with E-state index in [9.17, 15) is 4.79 Å². The largest absolute Gasteiger partial charge is 0.497 e. The summed E-state index contributed by atoms with van der Waals surface area (Å²) in [6.45, 7) is 1.25. The Labute approximate surface area is 145 Å². The van der Waals surface area contributed by atoms with Gasteiger partial charge >= 0.3 is 0 Å². The zero-order valence-corrected chi connectivity index (χ0v) is 14.0. The molecule has 0 radical (unpaired) electrons. The van der Waals surface area contributed by atoms with Crippen LogP contribution in [0.15, 0.2) is 59.3 Å². The van der Waals surface area contributed by atoms with Crippen LogP contribution in [0.4, 0.5) is 0 Å². The second-order valence-electron chi connectivity index (χ2n) is 6.05. The fraction of sp³-hybridized carbons (Fsp3) is 0.263. The number of aromatic nitrogens is 2. The Hall–Kier alpha value is -3.02. The number of methoxy groups -OCH3 is 1. The zero-order chi connectivity index (χ0) is 17.2. The van der Waals surface area contributed by atoms with E-state index in [2.05, 4.69) is 5.10 Å². The molecule has 1 aliphatic heterocycles. The summed E-state index contributed by atoms with van der Waals surface area (Å²) in [7, 11) is 1.65. The summed E-state index contributed by atoms with van der Waals surface area (Å²) in [5.41, 5.74) is 1.09. The summed E-state index contributed by atoms with van der Waals surface area (Å²) in [6.07, 6.45) is 4.52. The van der Waals surface area contributed by atoms with E-state index in [4.69, 9.17) is 9.15 Å². The van der Waals surface area contributed by atoms with Crippen LogP contribution in [0.2, 0.25) is 0 Å². The van der Waals surface area contributed by atoms with Crippen molar-refractivity contribution in [3.8, 4) is 5.75 Å². The van der Waals surface area contributed by atoms with E-state index in [-0.39, 0.29) is 11.9 Å². The Balaban J connectivity index is 1.48. The molecule has 0 unspecified atom stereocenters. The molecule has 2 aromatic heterocycles. The van der Waals surface area contributed by atoms with Gasteiger partial charge in [-0.15, -0.1) is 0 Å². The molecule has 1 aliphatic rings. The predicted molar refractivity (Wildman–Crippen MR) is 91.4 cm³/mol. The smallest absolute Gasteiger partial charge is 0.290 e. The Bertz CT molecular complexity index is 870. The standard InChI is InChI=1S/C19H19N3O3/c1-24-15-5-2-4-14(12-15)17-8-11-22(17)19(23)18-7-6-16(25-18)13-21-10-3-9-20-21/h2-7,9-10,12,17H,8,11,13H2,1H3/t17-/m0/s1. The molecule has 0 N–H and O–H groups in total. The molecule has 3 heterocycles. The fourth-order valence-corrected chi connectivity index (χ4v) is 3.10. The van der Waals surface area contributed by atoms with Gasteiger partial charge in [-0.05, 0) is 42.3 Å². The van der Waals surface area contributed by atoms with Crippen LogP contribution in [0, 0.1) is 0 Å². The second-order valence-corrected chi connectivity index (χ2v) is 6.05. The zero-order valence-electron chi connectivity index (χ0n) is 14.0. The normalized spacial score (nSPS) is 16.5. The third kappa shape index (κ3) is 3.03. The van der Waals surface area contributed by atoms with E-state index >= 15 is 0 Å². The van der Waals surface area contributed by atoms with Gasteiger partial charge in [0.2, 0.25) is 0 Å². The molecule has 128 valence electrons. The third-order valence-electron chi connectivity index (χ3n) is 4.51. The molecule has 1 amide bonds. The third-order valence-corrected chi connectivity index (χ3v) is 4.51. The predicted octanol–water partition coefficient (Wildman–Crippen LogP) is 3.12. The first-order valence-electron chi connectivity index (χ1n) is 8.25. The van der Waals surface area contributed by atoms with Crippen molar-refractivity contribution in [3.63, 3.8) is 0 Å². The van der Waals surface area contributed by atoms with Gasteiger partial charge in [0.05, 0.1) is 19.7 Å². The number of rotatable bonds is 5. The van der Waals surface area contributed by atoms with Crippen LogP contribution in [0.1, 0.15) is 34.3 Å². The number of nitrogens with zero attached hydrogens (tertiary/aromatic N) is 3. The maximum absolute atomic E-state index is 12.8. The van der Waals surface area contributed by atoms with E-state index in [1.54, 1.807) is 24.1 Å². The Kier molecular flexibility index (Phi) is 4.01. The molecular formula is C19H19N3O3. The molecule has 3 aromatic rings. The molecule has 0 spiro atoms. The lowest BCUT2D eigenvalue weighted by Crippen LogP contribution is -2.45. The van der Waals surface area contributed by atoms with Gasteiger partial charge in [0.1, 0.15) is 11.5 Å². The van der Waals surface area contributed by atoms with Crippen LogP contribution >= 0.6 is 0 Å². The van der Waals surface area contributed by atoms with Crippen LogP contribution < -0.4 is 4.74 Å². The molecule has 1 fully saturated rings. The Morgan fingerprint density at radius 3 is 2.96 bits per heavy atom. The van der Waals surface area contributed by atoms with E-state index in [1.807, 2.05) is 47.5 Å². The summed E-state index contributed by atoms with van der Waals surface area (Å²) in [6, 6.07) is 13.4. The topological polar surface area (TPSA) is 60.5 Å². The molecule has 0 saturated carbocycles. The van der Waals surface area contributed by atoms with E-state index in [1.165, 1.54) is 0 Å². The van der Waals surface area contributed by atoms with Gasteiger partial charge in [-0.25, -0.2) is 0 Å². The van der Waals surface area contributed by atoms with Crippen LogP contribution in [-0.4, -0.2) is 34.2 Å². The van der Waals surface area contributed by atoms with Crippen LogP contribution in [-0.2, 0) is 6.54 Å². The monoisotopic (exact) mass is 337 g/mol. The van der Waals surface area contributed by atoms with Gasteiger partial charge < -0.3 is 14.1 Å². The lowest BCUT2D eigenvalue weighted by molar-refractivity contribution is 0.0425. The summed E-state index contributed by atoms with van der Waals surface area (Å²) in [5, 5.41) is 4.15. The van der Waals surface area contributed by atoms with Crippen LogP contribution in [0.5, 0.6) is 5.75 Å². The minimum Gasteiger partial charge on any atom is -0.497 e. The number of hydrogen-bond acceptors (Lipinski definition) is 4. The summed E-state index contributed by atoms with van der Waals surface area (Å²) < 4.78 is 12.8. The average molecular weight is 337 g/mol. The molecule has 4 rings (SSSR count). The van der Waals surface area contributed by atoms with Crippen molar-refractivity contribution in [2.24, 2.45) is 0 Å². The molecule has 1 atom stereocenters. The summed E-state index contributed by atoms with van der Waals surface area (Å²) in [5.74, 6) is 1.81. The van der Waals surface area contributed by atoms with Crippen LogP contribution in [0.3, 0.4) is 0 Å². The highest BCUT2D eigenvalue weighted by Gasteiger charge is 2.35. The van der Waals surface area contributed by atoms with Crippen molar-refractivity contribution in [2.45, 2.75) is 19.0 Å². The molecule has 1 saturated heterocycles. The van der Waals surface area contributed by atoms with Gasteiger partial charge in [-0.3, -0.25) is 9.48 Å². The number of carbonyl (C=O) groups is 1. The molecule has 6 heteroatoms. The molecule has 1 aromatic carbocycles. The van der Waals surface area contributed by atoms with Crippen molar-refractivity contribution >= 4 is 5.91 Å². The molecule has 0 aliphatic carbocycles. The maximum atomic E-state index is 12.8. The van der Waals surface area contributed by atoms with Crippen molar-refractivity contribution in [1.82, 2.24) is 14.7 Å². The highest BCUT2D eigenvalue weighted by Crippen LogP contribution is 2.36. The van der Waals surface area contributed by atoms with Gasteiger partial charge in [-0.2, -0.15) is 5.10 Å². The Morgan fingerprint density at radius 2 is 2.24 bits per heavy atom. The number of furan rings is 1. The minimum atomic E-state index is -0.0780. The van der Waals surface area contributed by atoms with Gasteiger partial charge in [0.15, 0.2) is 5.76 Å². The van der Waals surface area contributed by atoms with E-state index in [0.29, 0.717) is 18.1 Å². The van der Waals surface area contributed by atoms with E-state index < -0.39 is 0 Å². The average Bonchev–Trinajstić information content (AvgIpc) is 3.26. The first-order chi connectivity index (χ1) is 12.2. The van der Waals surface area contributed by atoms with Gasteiger partial charge in [0.25, 0.3) is 5.91 Å². The number of likely N-dealkylation sites (tertiary alicyclic amines) is 1. The molecule has 6 nitrogen and oxygen atoms in total. The number of hydrogen-bond donors (Lipinski definition) is 0. The minimum absolute atomic E-state index is 0.0715. The quantitative estimate of drug-likeness (QED) is 0.718. The maximum Gasteiger partial charge on any atom is 0.290 e. The lowest BCUT2D eigenvalue weighted by Gasteiger charge is -2.40. The summed E-state index contributed by atoms with van der Waals surface area (Å²) >= 11 is 0. The molecule has 25 heavy (non-hydrogen) atoms. The van der Waals surface area contributed by atoms with Gasteiger partial charge in [0, 0.05) is 18.9 Å². The highest BCUT2D eigenvalue weighted by molar-refractivity contribution is 5.92. The van der Waals surface area contributed by atoms with Crippen LogP contribution in [0.25, 0.3) is 0 Å². The number of carbonyl (C=O) groups excluding carboxylic acids is 1. The Morgan fingerprint density at radius 1 is 1.32 bits per heavy atom. The fourth-order valence-electron chi connectivity index (χ4n) is 3.10. The van der Waals surface area contributed by atoms with Crippen molar-refractivity contribution in [3.05, 3.63) is 71.9 Å². The first-order valence-corrected chi connectivity index (χ1v) is 8.25. The van der Waals surface area contributed by atoms with Gasteiger partial charge in [-0.1, -0.05) is 12.1 Å². The second kappa shape index (κ2) is 6.47. The number of amides is 1. The number of ether oxygens (including phenoxy) is 1. The van der Waals surface area contributed by atoms with Crippen molar-refractivity contribution in [2.75, 3.05) is 13.7 Å². The lowest BCUT2D eigenvalue weighted by atomic mass is 9.94. The molecule has 0 bridgehead atoms. The van der Waals surface area contributed by atoms with E-state index in [0.717, 1.165) is 24.3 Å². The first kappa shape index (κ1) is 15.5. The number of benzene rings is 1. The SMILES string of the molecule is COc1cccc([C@@H]2CCN2C(=O)c2ccc(Cn3cccn3)o2)c1.